The Morgan fingerprint density at radius 1 is 0.318 bits per heavy atom. The van der Waals surface area contributed by atoms with Crippen molar-refractivity contribution >= 4 is 17.9 Å². The number of carbonyl (C=O) groups excluding carboxylic acids is 3. The van der Waals surface area contributed by atoms with Gasteiger partial charge in [-0.1, -0.05) is 214 Å². The van der Waals surface area contributed by atoms with E-state index in [2.05, 4.69) is 112 Å². The molecule has 0 heterocycles. The van der Waals surface area contributed by atoms with E-state index in [0.29, 0.717) is 19.3 Å². The standard InChI is InChI=1S/C60H100O6/c1-4-7-10-13-16-19-22-25-27-29-30-32-33-35-38-41-44-47-50-53-59(62)65-56-57(55-64-58(61)52-49-46-43-40-37-24-21-18-15-12-9-6-3)66-60(63)54-51-48-45-42-39-36-34-31-28-26-23-20-17-14-11-8-5-2/h7,10,16,18-19,21,25-28,30,32,35,38,44,47,57H,4-6,8-9,11-15,17,20,22-24,29,31,33-34,36-37,39-43,45-46,48-56H2,1-3H3/b10-7-,19-16-,21-18-,27-25-,28-26-,32-30-,38-35-,47-44-. The first-order valence-electron chi connectivity index (χ1n) is 27.2. The Morgan fingerprint density at radius 2 is 0.621 bits per heavy atom. The molecule has 0 aromatic carbocycles. The molecule has 0 aliphatic heterocycles. The number of rotatable bonds is 48. The smallest absolute Gasteiger partial charge is 0.306 e. The second-order valence-corrected chi connectivity index (χ2v) is 17.7. The van der Waals surface area contributed by atoms with Crippen molar-refractivity contribution in [1.29, 1.82) is 0 Å². The zero-order valence-corrected chi connectivity index (χ0v) is 42.9. The number of allylic oxidation sites excluding steroid dienone is 16. The van der Waals surface area contributed by atoms with Crippen molar-refractivity contribution in [3.8, 4) is 0 Å². The Bertz CT molecular complexity index is 1330. The maximum absolute atomic E-state index is 12.8. The van der Waals surface area contributed by atoms with Crippen molar-refractivity contribution in [3.05, 3.63) is 97.2 Å². The summed E-state index contributed by atoms with van der Waals surface area (Å²) in [5.41, 5.74) is 0. The predicted octanol–water partition coefficient (Wildman–Crippen LogP) is 18.1. The van der Waals surface area contributed by atoms with E-state index in [0.717, 1.165) is 89.9 Å². The van der Waals surface area contributed by atoms with Crippen LogP contribution >= 0.6 is 0 Å². The van der Waals surface area contributed by atoms with Crippen molar-refractivity contribution in [2.75, 3.05) is 13.2 Å². The van der Waals surface area contributed by atoms with Crippen LogP contribution < -0.4 is 0 Å². The second-order valence-electron chi connectivity index (χ2n) is 17.7. The van der Waals surface area contributed by atoms with E-state index < -0.39 is 6.10 Å². The van der Waals surface area contributed by atoms with Crippen LogP contribution in [-0.2, 0) is 28.6 Å². The highest BCUT2D eigenvalue weighted by Gasteiger charge is 2.19. The minimum absolute atomic E-state index is 0.107. The van der Waals surface area contributed by atoms with Crippen LogP contribution in [0.2, 0.25) is 0 Å². The minimum Gasteiger partial charge on any atom is -0.462 e. The molecule has 0 fully saturated rings. The van der Waals surface area contributed by atoms with Crippen molar-refractivity contribution < 1.29 is 28.6 Å². The number of carbonyl (C=O) groups is 3. The number of hydrogen-bond acceptors (Lipinski definition) is 6. The van der Waals surface area contributed by atoms with Crippen LogP contribution in [0.25, 0.3) is 0 Å². The lowest BCUT2D eigenvalue weighted by molar-refractivity contribution is -0.166. The van der Waals surface area contributed by atoms with E-state index in [4.69, 9.17) is 14.2 Å². The summed E-state index contributed by atoms with van der Waals surface area (Å²) in [5, 5.41) is 0. The SMILES string of the molecule is CC/C=C\C/C=C\C/C=C\C/C=C\C/C=C\C/C=C\CCC(=O)OCC(COC(=O)CCCCCCC/C=C\CCCCC)OC(=O)CCCCCCCCC/C=C\CCCCCCCC. The Hall–Kier alpha value is -3.67. The van der Waals surface area contributed by atoms with E-state index >= 15 is 0 Å². The average molecular weight is 917 g/mol. The van der Waals surface area contributed by atoms with Gasteiger partial charge in [0.05, 0.1) is 0 Å². The van der Waals surface area contributed by atoms with Gasteiger partial charge in [0.25, 0.3) is 0 Å². The van der Waals surface area contributed by atoms with Crippen LogP contribution in [0, 0.1) is 0 Å². The molecule has 0 radical (unpaired) electrons. The minimum atomic E-state index is -0.814. The molecule has 0 amide bonds. The van der Waals surface area contributed by atoms with Crippen LogP contribution in [-0.4, -0.2) is 37.2 Å². The maximum atomic E-state index is 12.8. The van der Waals surface area contributed by atoms with Crippen LogP contribution in [0.15, 0.2) is 97.2 Å². The van der Waals surface area contributed by atoms with E-state index in [1.54, 1.807) is 0 Å². The summed E-state index contributed by atoms with van der Waals surface area (Å²) < 4.78 is 16.7. The zero-order valence-electron chi connectivity index (χ0n) is 42.9. The number of ether oxygens (including phenoxy) is 3. The first kappa shape index (κ1) is 62.3. The van der Waals surface area contributed by atoms with Crippen molar-refractivity contribution in [3.63, 3.8) is 0 Å². The van der Waals surface area contributed by atoms with E-state index in [9.17, 15) is 14.4 Å². The lowest BCUT2D eigenvalue weighted by Gasteiger charge is -2.18. The molecular formula is C60H100O6. The molecule has 0 aliphatic carbocycles. The summed E-state index contributed by atoms with van der Waals surface area (Å²) in [6.07, 6.45) is 71.2. The highest BCUT2D eigenvalue weighted by atomic mass is 16.6. The fourth-order valence-corrected chi connectivity index (χ4v) is 7.22. The normalized spacial score (nSPS) is 12.8. The molecule has 0 bridgehead atoms. The van der Waals surface area contributed by atoms with Crippen molar-refractivity contribution in [2.45, 2.75) is 252 Å². The fourth-order valence-electron chi connectivity index (χ4n) is 7.22. The van der Waals surface area contributed by atoms with E-state index in [1.807, 2.05) is 6.08 Å². The maximum Gasteiger partial charge on any atom is 0.306 e. The van der Waals surface area contributed by atoms with Gasteiger partial charge in [-0.15, -0.1) is 0 Å². The third-order valence-corrected chi connectivity index (χ3v) is 11.3. The molecule has 0 aromatic heterocycles. The molecule has 0 N–H and O–H groups in total. The van der Waals surface area contributed by atoms with Crippen molar-refractivity contribution in [1.82, 2.24) is 0 Å². The summed E-state index contributed by atoms with van der Waals surface area (Å²) >= 11 is 0. The number of unbranched alkanes of at least 4 members (excludes halogenated alkanes) is 21. The molecule has 0 rings (SSSR count). The molecule has 6 nitrogen and oxygen atoms in total. The Balaban J connectivity index is 4.50. The number of hydrogen-bond donors (Lipinski definition) is 0. The van der Waals surface area contributed by atoms with Crippen LogP contribution in [0.3, 0.4) is 0 Å². The molecule has 0 spiro atoms. The van der Waals surface area contributed by atoms with Gasteiger partial charge >= 0.3 is 17.9 Å². The quantitative estimate of drug-likeness (QED) is 0.0262. The molecule has 0 aliphatic rings. The lowest BCUT2D eigenvalue weighted by Crippen LogP contribution is -2.30. The Morgan fingerprint density at radius 3 is 1.05 bits per heavy atom. The summed E-state index contributed by atoms with van der Waals surface area (Å²) in [7, 11) is 0. The molecule has 6 heteroatoms. The summed E-state index contributed by atoms with van der Waals surface area (Å²) in [4.78, 5) is 38.0. The molecule has 376 valence electrons. The van der Waals surface area contributed by atoms with Crippen LogP contribution in [0.5, 0.6) is 0 Å². The second kappa shape index (κ2) is 53.9. The third-order valence-electron chi connectivity index (χ3n) is 11.3. The summed E-state index contributed by atoms with van der Waals surface area (Å²) in [6, 6.07) is 0. The highest BCUT2D eigenvalue weighted by Crippen LogP contribution is 2.14. The van der Waals surface area contributed by atoms with Gasteiger partial charge in [0.15, 0.2) is 6.10 Å². The Labute approximate surface area is 407 Å². The van der Waals surface area contributed by atoms with Gasteiger partial charge in [0, 0.05) is 19.3 Å². The number of esters is 3. The molecular weight excluding hydrogens is 817 g/mol. The van der Waals surface area contributed by atoms with E-state index in [-0.39, 0.29) is 37.5 Å². The van der Waals surface area contributed by atoms with Crippen LogP contribution in [0.4, 0.5) is 0 Å². The highest BCUT2D eigenvalue weighted by molar-refractivity contribution is 5.71. The van der Waals surface area contributed by atoms with Gasteiger partial charge in [-0.25, -0.2) is 0 Å². The monoisotopic (exact) mass is 917 g/mol. The van der Waals surface area contributed by atoms with Crippen molar-refractivity contribution in [2.24, 2.45) is 0 Å². The topological polar surface area (TPSA) is 78.9 Å². The van der Waals surface area contributed by atoms with Gasteiger partial charge in [0.1, 0.15) is 13.2 Å². The van der Waals surface area contributed by atoms with Crippen LogP contribution in [0.1, 0.15) is 245 Å². The van der Waals surface area contributed by atoms with Gasteiger partial charge in [0.2, 0.25) is 0 Å². The average Bonchev–Trinajstić information content (AvgIpc) is 3.31. The van der Waals surface area contributed by atoms with Gasteiger partial charge < -0.3 is 14.2 Å². The molecule has 1 atom stereocenters. The van der Waals surface area contributed by atoms with Gasteiger partial charge in [-0.3, -0.25) is 14.4 Å². The zero-order chi connectivity index (χ0) is 47.9. The molecule has 0 aromatic rings. The first-order valence-corrected chi connectivity index (χ1v) is 27.2. The first-order chi connectivity index (χ1) is 32.5. The van der Waals surface area contributed by atoms with Gasteiger partial charge in [-0.05, 0) is 109 Å². The largest absolute Gasteiger partial charge is 0.462 e. The summed E-state index contributed by atoms with van der Waals surface area (Å²) in [6.45, 7) is 6.42. The predicted molar refractivity (Wildman–Crippen MR) is 284 cm³/mol. The molecule has 0 saturated carbocycles. The summed E-state index contributed by atoms with van der Waals surface area (Å²) in [5.74, 6) is -1.01. The van der Waals surface area contributed by atoms with E-state index in [1.165, 1.54) is 109 Å². The third kappa shape index (κ3) is 51.3. The lowest BCUT2D eigenvalue weighted by atomic mass is 10.1. The fraction of sp³-hybridized carbons (Fsp3) is 0.683. The molecule has 1 unspecified atom stereocenters. The molecule has 66 heavy (non-hydrogen) atoms. The van der Waals surface area contributed by atoms with Gasteiger partial charge in [-0.2, -0.15) is 0 Å². The molecule has 0 saturated heterocycles. The Kier molecular flexibility index (Phi) is 50.9.